The minimum Gasteiger partial charge on any atom is -0.379 e. The molecule has 0 spiro atoms. The number of aromatic nitrogens is 2. The number of hydrogen-bond donors (Lipinski definition) is 1. The molecule has 0 saturated carbocycles. The summed E-state index contributed by atoms with van der Waals surface area (Å²) in [6, 6.07) is 16.6. The molecular formula is C25H30N4O3. The van der Waals surface area contributed by atoms with Crippen molar-refractivity contribution >= 4 is 16.7 Å². The third-order valence-corrected chi connectivity index (χ3v) is 5.82. The first-order valence-electron chi connectivity index (χ1n) is 11.2. The van der Waals surface area contributed by atoms with Crippen LogP contribution in [0.1, 0.15) is 30.8 Å². The molecule has 168 valence electrons. The van der Waals surface area contributed by atoms with Crippen LogP contribution in [-0.2, 0) is 4.74 Å². The van der Waals surface area contributed by atoms with Gasteiger partial charge >= 0.3 is 0 Å². The zero-order valence-corrected chi connectivity index (χ0v) is 18.7. The van der Waals surface area contributed by atoms with Gasteiger partial charge in [0.25, 0.3) is 11.5 Å². The lowest BCUT2D eigenvalue weighted by molar-refractivity contribution is 0.0124. The Morgan fingerprint density at radius 3 is 2.38 bits per heavy atom. The number of benzene rings is 2. The molecule has 32 heavy (non-hydrogen) atoms. The minimum atomic E-state index is -0.270. The van der Waals surface area contributed by atoms with E-state index in [1.165, 1.54) is 4.68 Å². The second-order valence-corrected chi connectivity index (χ2v) is 8.59. The molecule has 0 bridgehead atoms. The first-order chi connectivity index (χ1) is 15.5. The van der Waals surface area contributed by atoms with Crippen molar-refractivity contribution in [2.75, 3.05) is 32.8 Å². The van der Waals surface area contributed by atoms with E-state index in [4.69, 9.17) is 4.74 Å². The van der Waals surface area contributed by atoms with Crippen LogP contribution in [0.4, 0.5) is 0 Å². The van der Waals surface area contributed by atoms with Crippen LogP contribution in [0, 0.1) is 5.92 Å². The van der Waals surface area contributed by atoms with Crippen molar-refractivity contribution in [3.8, 4) is 5.69 Å². The number of amides is 1. The highest BCUT2D eigenvalue weighted by Crippen LogP contribution is 2.16. The van der Waals surface area contributed by atoms with E-state index in [1.807, 2.05) is 36.4 Å². The summed E-state index contributed by atoms with van der Waals surface area (Å²) in [4.78, 5) is 28.7. The van der Waals surface area contributed by atoms with Crippen LogP contribution in [0.25, 0.3) is 16.5 Å². The van der Waals surface area contributed by atoms with E-state index in [1.54, 1.807) is 18.2 Å². The van der Waals surface area contributed by atoms with E-state index >= 15 is 0 Å². The van der Waals surface area contributed by atoms with Crippen LogP contribution in [0.2, 0.25) is 0 Å². The number of nitrogens with zero attached hydrogens (tertiary/aromatic N) is 3. The second kappa shape index (κ2) is 10.1. The predicted octanol–water partition coefficient (Wildman–Crippen LogP) is 2.86. The normalized spacial score (nSPS) is 15.7. The van der Waals surface area contributed by atoms with Crippen molar-refractivity contribution in [1.29, 1.82) is 0 Å². The molecule has 4 rings (SSSR count). The van der Waals surface area contributed by atoms with Crippen molar-refractivity contribution < 1.29 is 9.53 Å². The number of nitrogens with one attached hydrogen (secondary N) is 1. The Balaban J connectivity index is 1.64. The number of carbonyl (C=O) groups excluding carboxylic acids is 1. The van der Waals surface area contributed by atoms with Crippen LogP contribution in [0.3, 0.4) is 0 Å². The Morgan fingerprint density at radius 2 is 1.69 bits per heavy atom. The molecule has 7 heteroatoms. The van der Waals surface area contributed by atoms with E-state index in [0.29, 0.717) is 28.9 Å². The molecule has 1 amide bonds. The van der Waals surface area contributed by atoms with Gasteiger partial charge in [-0.3, -0.25) is 14.5 Å². The van der Waals surface area contributed by atoms with Crippen molar-refractivity contribution in [2.24, 2.45) is 5.92 Å². The Labute approximate surface area is 188 Å². The highest BCUT2D eigenvalue weighted by atomic mass is 16.5. The fourth-order valence-corrected chi connectivity index (χ4v) is 4.24. The highest BCUT2D eigenvalue weighted by molar-refractivity contribution is 6.04. The Kier molecular flexibility index (Phi) is 6.97. The third kappa shape index (κ3) is 4.89. The van der Waals surface area contributed by atoms with Gasteiger partial charge in [-0.25, -0.2) is 0 Å². The number of rotatable bonds is 7. The van der Waals surface area contributed by atoms with Crippen LogP contribution in [0.15, 0.2) is 59.4 Å². The first-order valence-corrected chi connectivity index (χ1v) is 11.2. The van der Waals surface area contributed by atoms with E-state index in [2.05, 4.69) is 29.2 Å². The molecule has 1 aliphatic heterocycles. The molecule has 7 nitrogen and oxygen atoms in total. The fraction of sp³-hybridized carbons (Fsp3) is 0.400. The van der Waals surface area contributed by atoms with Gasteiger partial charge in [-0.05, 0) is 30.5 Å². The lowest BCUT2D eigenvalue weighted by atomic mass is 10.0. The Bertz CT molecular complexity index is 1120. The molecule has 3 aromatic rings. The molecule has 1 atom stereocenters. The minimum absolute atomic E-state index is 0.231. The van der Waals surface area contributed by atoms with Crippen LogP contribution < -0.4 is 10.9 Å². The number of carbonyl (C=O) groups is 1. The number of fused-ring (bicyclic) bond motifs is 1. The zero-order valence-electron chi connectivity index (χ0n) is 18.7. The molecule has 1 unspecified atom stereocenters. The smallest absolute Gasteiger partial charge is 0.279 e. The summed E-state index contributed by atoms with van der Waals surface area (Å²) >= 11 is 0. The summed E-state index contributed by atoms with van der Waals surface area (Å²) in [5, 5.41) is 8.61. The quantitative estimate of drug-likeness (QED) is 0.619. The van der Waals surface area contributed by atoms with Crippen LogP contribution in [-0.4, -0.2) is 59.5 Å². The zero-order chi connectivity index (χ0) is 22.5. The Morgan fingerprint density at radius 1 is 1.03 bits per heavy atom. The summed E-state index contributed by atoms with van der Waals surface area (Å²) in [5.41, 5.74) is 0.645. The van der Waals surface area contributed by atoms with Gasteiger partial charge < -0.3 is 10.1 Å². The standard InChI is InChI=1S/C25H30N4O3/c1-18(2)16-20(28-12-14-32-15-13-28)17-26-24(30)23-21-10-6-7-11-22(21)25(31)29(27-23)19-8-4-3-5-9-19/h3-11,18,20H,12-17H2,1-2H3,(H,26,30). The van der Waals surface area contributed by atoms with Gasteiger partial charge in [-0.15, -0.1) is 0 Å². The van der Waals surface area contributed by atoms with Gasteiger partial charge in [0.05, 0.1) is 24.3 Å². The van der Waals surface area contributed by atoms with Crippen molar-refractivity contribution in [3.63, 3.8) is 0 Å². The summed E-state index contributed by atoms with van der Waals surface area (Å²) in [6.07, 6.45) is 0.984. The monoisotopic (exact) mass is 434 g/mol. The van der Waals surface area contributed by atoms with E-state index in [0.717, 1.165) is 32.7 Å². The van der Waals surface area contributed by atoms with Gasteiger partial charge in [-0.2, -0.15) is 9.78 Å². The fourth-order valence-electron chi connectivity index (χ4n) is 4.24. The average Bonchev–Trinajstić information content (AvgIpc) is 2.83. The molecule has 2 heterocycles. The lowest BCUT2D eigenvalue weighted by Gasteiger charge is -2.35. The maximum absolute atomic E-state index is 13.3. The maximum Gasteiger partial charge on any atom is 0.279 e. The molecular weight excluding hydrogens is 404 g/mol. The molecule has 2 aromatic carbocycles. The largest absolute Gasteiger partial charge is 0.379 e. The van der Waals surface area contributed by atoms with Gasteiger partial charge in [0, 0.05) is 31.1 Å². The van der Waals surface area contributed by atoms with Crippen LogP contribution >= 0.6 is 0 Å². The maximum atomic E-state index is 13.3. The molecule has 0 radical (unpaired) electrons. The summed E-state index contributed by atoms with van der Waals surface area (Å²) in [6.45, 7) is 8.09. The number of hydrogen-bond acceptors (Lipinski definition) is 5. The van der Waals surface area contributed by atoms with E-state index in [-0.39, 0.29) is 23.2 Å². The van der Waals surface area contributed by atoms with Crippen molar-refractivity contribution in [1.82, 2.24) is 20.0 Å². The second-order valence-electron chi connectivity index (χ2n) is 8.59. The molecule has 1 aliphatic rings. The molecule has 1 fully saturated rings. The highest BCUT2D eigenvalue weighted by Gasteiger charge is 2.24. The van der Waals surface area contributed by atoms with Crippen LogP contribution in [0.5, 0.6) is 0 Å². The number of ether oxygens (including phenoxy) is 1. The van der Waals surface area contributed by atoms with Gasteiger partial charge in [-0.1, -0.05) is 50.2 Å². The van der Waals surface area contributed by atoms with Gasteiger partial charge in [0.2, 0.25) is 0 Å². The first kappa shape index (κ1) is 22.2. The molecule has 1 N–H and O–H groups in total. The third-order valence-electron chi connectivity index (χ3n) is 5.82. The molecule has 0 aliphatic carbocycles. The summed E-state index contributed by atoms with van der Waals surface area (Å²) < 4.78 is 6.80. The predicted molar refractivity (Wildman–Crippen MR) is 125 cm³/mol. The van der Waals surface area contributed by atoms with E-state index in [9.17, 15) is 9.59 Å². The molecule has 1 saturated heterocycles. The van der Waals surface area contributed by atoms with Crippen molar-refractivity contribution in [3.05, 3.63) is 70.6 Å². The Hall–Kier alpha value is -3.03. The molecule has 1 aromatic heterocycles. The summed E-state index contributed by atoms with van der Waals surface area (Å²) in [7, 11) is 0. The summed E-state index contributed by atoms with van der Waals surface area (Å²) in [5.74, 6) is 0.242. The van der Waals surface area contributed by atoms with Crippen molar-refractivity contribution in [2.45, 2.75) is 26.3 Å². The number of morpholine rings is 1. The van der Waals surface area contributed by atoms with E-state index < -0.39 is 0 Å². The number of para-hydroxylation sites is 1. The lowest BCUT2D eigenvalue weighted by Crippen LogP contribution is -2.49. The SMILES string of the molecule is CC(C)CC(CNC(=O)c1nn(-c2ccccc2)c(=O)c2ccccc12)N1CCOCC1. The van der Waals surface area contributed by atoms with Gasteiger partial charge in [0.1, 0.15) is 0 Å². The topological polar surface area (TPSA) is 76.5 Å². The average molecular weight is 435 g/mol. The van der Waals surface area contributed by atoms with Gasteiger partial charge in [0.15, 0.2) is 5.69 Å².